The van der Waals surface area contributed by atoms with Gasteiger partial charge >= 0.3 is 0 Å². The Hall–Kier alpha value is 1.64. The highest BCUT2D eigenvalue weighted by Gasteiger charge is 2.28. The fraction of sp³-hybridized carbons (Fsp3) is 0.333. The standard InChI is InChI=1S/C18H14Br8O4/c1-2-3-4-5-6(27)29-17-13(25)9(21)10(22)14(26)18(17)30-16-12(24)8(20)7(19)11(23)15(16)28/h6,27-28H,2-5H2,1H3. The van der Waals surface area contributed by atoms with Crippen molar-refractivity contribution in [1.82, 2.24) is 0 Å². The van der Waals surface area contributed by atoms with Crippen LogP contribution in [-0.4, -0.2) is 16.5 Å². The minimum atomic E-state index is -1.02. The second kappa shape index (κ2) is 12.4. The minimum Gasteiger partial charge on any atom is -0.503 e. The maximum atomic E-state index is 10.7. The Kier molecular flexibility index (Phi) is 11.5. The fourth-order valence-corrected chi connectivity index (χ4v) is 6.71. The second-order valence-electron chi connectivity index (χ2n) is 6.02. The van der Waals surface area contributed by atoms with Crippen LogP contribution in [0.1, 0.15) is 32.6 Å². The van der Waals surface area contributed by atoms with Gasteiger partial charge in [0.1, 0.15) is 0 Å². The Morgan fingerprint density at radius 2 is 1.13 bits per heavy atom. The number of phenols is 1. The highest BCUT2D eigenvalue weighted by molar-refractivity contribution is 9.15. The molecule has 2 rings (SSSR count). The van der Waals surface area contributed by atoms with Crippen molar-refractivity contribution >= 4 is 127 Å². The predicted molar refractivity (Wildman–Crippen MR) is 147 cm³/mol. The molecule has 0 saturated heterocycles. The van der Waals surface area contributed by atoms with Crippen molar-refractivity contribution in [3.8, 4) is 23.0 Å². The van der Waals surface area contributed by atoms with Gasteiger partial charge in [-0.2, -0.15) is 0 Å². The first-order chi connectivity index (χ1) is 14.0. The Labute approximate surface area is 241 Å². The molecule has 30 heavy (non-hydrogen) atoms. The molecule has 0 aliphatic carbocycles. The smallest absolute Gasteiger partial charge is 0.197 e. The average Bonchev–Trinajstić information content (AvgIpc) is 2.72. The third-order valence-electron chi connectivity index (χ3n) is 3.90. The topological polar surface area (TPSA) is 58.9 Å². The maximum absolute atomic E-state index is 10.7. The molecule has 0 bridgehead atoms. The second-order valence-corrected chi connectivity index (χ2v) is 12.4. The normalized spacial score (nSPS) is 12.2. The average molecular weight is 934 g/mol. The van der Waals surface area contributed by atoms with Gasteiger partial charge in [0.15, 0.2) is 29.3 Å². The number of benzene rings is 2. The van der Waals surface area contributed by atoms with Crippen LogP contribution in [0.3, 0.4) is 0 Å². The number of halogens is 8. The number of phenolic OH excluding ortho intramolecular Hbond substituents is 1. The van der Waals surface area contributed by atoms with E-state index in [-0.39, 0.29) is 23.0 Å². The van der Waals surface area contributed by atoms with Crippen molar-refractivity contribution in [2.75, 3.05) is 0 Å². The van der Waals surface area contributed by atoms with Gasteiger partial charge in [-0.1, -0.05) is 19.8 Å². The number of hydrogen-bond acceptors (Lipinski definition) is 4. The molecule has 0 aliphatic rings. The summed E-state index contributed by atoms with van der Waals surface area (Å²) >= 11 is 27.7. The molecule has 2 aromatic carbocycles. The summed E-state index contributed by atoms with van der Waals surface area (Å²) in [5.74, 6) is 0.587. The van der Waals surface area contributed by atoms with Gasteiger partial charge in [-0.05, 0) is 134 Å². The molecule has 166 valence electrons. The van der Waals surface area contributed by atoms with Gasteiger partial charge in [-0.25, -0.2) is 0 Å². The van der Waals surface area contributed by atoms with Crippen LogP contribution in [0, 0.1) is 0 Å². The van der Waals surface area contributed by atoms with Crippen molar-refractivity contribution in [2.45, 2.75) is 38.9 Å². The van der Waals surface area contributed by atoms with Gasteiger partial charge in [0.25, 0.3) is 0 Å². The van der Waals surface area contributed by atoms with Crippen LogP contribution in [0.4, 0.5) is 0 Å². The molecule has 0 spiro atoms. The van der Waals surface area contributed by atoms with E-state index in [9.17, 15) is 10.2 Å². The number of aromatic hydroxyl groups is 1. The lowest BCUT2D eigenvalue weighted by Crippen LogP contribution is -2.16. The SMILES string of the molecule is CCCCCC(O)Oc1c(Br)c(Br)c(Br)c(Br)c1Oc1c(O)c(Br)c(Br)c(Br)c1Br. The molecule has 0 aromatic heterocycles. The molecule has 12 heteroatoms. The summed E-state index contributed by atoms with van der Waals surface area (Å²) in [4.78, 5) is 0. The monoisotopic (exact) mass is 925 g/mol. The molecule has 1 atom stereocenters. The van der Waals surface area contributed by atoms with Gasteiger partial charge in [0, 0.05) is 6.42 Å². The van der Waals surface area contributed by atoms with E-state index in [1.54, 1.807) is 0 Å². The van der Waals surface area contributed by atoms with Crippen LogP contribution in [0.5, 0.6) is 23.0 Å². The molecular formula is C18H14Br8O4. The van der Waals surface area contributed by atoms with Crippen LogP contribution in [-0.2, 0) is 0 Å². The molecular weight excluding hydrogens is 919 g/mol. The summed E-state index contributed by atoms with van der Waals surface area (Å²) in [5, 5.41) is 21.1. The van der Waals surface area contributed by atoms with Gasteiger partial charge in [0.2, 0.25) is 0 Å². The lowest BCUT2D eigenvalue weighted by molar-refractivity contribution is -0.0264. The first kappa shape index (κ1) is 27.9. The van der Waals surface area contributed by atoms with Crippen LogP contribution in [0.25, 0.3) is 0 Å². The molecule has 2 N–H and O–H groups in total. The number of aliphatic hydroxyl groups excluding tert-OH is 1. The number of unbranched alkanes of at least 4 members (excludes halogenated alkanes) is 2. The molecule has 4 nitrogen and oxygen atoms in total. The zero-order valence-electron chi connectivity index (χ0n) is 15.1. The summed E-state index contributed by atoms with van der Waals surface area (Å²) in [5.41, 5.74) is 0. The van der Waals surface area contributed by atoms with E-state index < -0.39 is 6.29 Å². The zero-order valence-corrected chi connectivity index (χ0v) is 27.8. The summed E-state index contributed by atoms with van der Waals surface area (Å²) in [6.45, 7) is 2.09. The first-order valence-electron chi connectivity index (χ1n) is 8.46. The largest absolute Gasteiger partial charge is 0.503 e. The third kappa shape index (κ3) is 6.20. The zero-order chi connectivity index (χ0) is 22.7. The minimum absolute atomic E-state index is 0.117. The van der Waals surface area contributed by atoms with E-state index in [1.165, 1.54) is 0 Å². The third-order valence-corrected chi connectivity index (χ3v) is 13.3. The fourth-order valence-electron chi connectivity index (χ4n) is 2.35. The van der Waals surface area contributed by atoms with Gasteiger partial charge in [-0.3, -0.25) is 0 Å². The van der Waals surface area contributed by atoms with E-state index in [4.69, 9.17) is 9.47 Å². The molecule has 0 radical (unpaired) electrons. The van der Waals surface area contributed by atoms with Crippen LogP contribution in [0.15, 0.2) is 35.8 Å². The molecule has 0 fully saturated rings. The Bertz CT molecular complexity index is 922. The van der Waals surface area contributed by atoms with Crippen LogP contribution >= 0.6 is 127 Å². The maximum Gasteiger partial charge on any atom is 0.197 e. The highest BCUT2D eigenvalue weighted by Crippen LogP contribution is 2.56. The van der Waals surface area contributed by atoms with Crippen molar-refractivity contribution in [1.29, 1.82) is 0 Å². The van der Waals surface area contributed by atoms with Gasteiger partial charge in [0.05, 0.1) is 35.8 Å². The first-order valence-corrected chi connectivity index (χ1v) is 14.8. The van der Waals surface area contributed by atoms with E-state index in [0.717, 1.165) is 19.3 Å². The molecule has 0 heterocycles. The van der Waals surface area contributed by atoms with Crippen molar-refractivity contribution in [2.24, 2.45) is 0 Å². The Morgan fingerprint density at radius 3 is 1.67 bits per heavy atom. The number of aliphatic hydroxyl groups is 1. The van der Waals surface area contributed by atoms with E-state index in [1.807, 2.05) is 0 Å². The van der Waals surface area contributed by atoms with Crippen molar-refractivity contribution < 1.29 is 19.7 Å². The Morgan fingerprint density at radius 1 is 0.667 bits per heavy atom. The lowest BCUT2D eigenvalue weighted by atomic mass is 10.2. The van der Waals surface area contributed by atoms with Crippen LogP contribution < -0.4 is 9.47 Å². The van der Waals surface area contributed by atoms with E-state index in [0.29, 0.717) is 42.2 Å². The van der Waals surface area contributed by atoms with Crippen molar-refractivity contribution in [3.05, 3.63) is 35.8 Å². The van der Waals surface area contributed by atoms with Gasteiger partial charge < -0.3 is 19.7 Å². The summed E-state index contributed by atoms with van der Waals surface area (Å²) < 4.78 is 16.6. The van der Waals surface area contributed by atoms with E-state index >= 15 is 0 Å². The summed E-state index contributed by atoms with van der Waals surface area (Å²) in [7, 11) is 0. The number of rotatable bonds is 8. The Balaban J connectivity index is 2.58. The molecule has 0 aliphatic heterocycles. The number of ether oxygens (including phenoxy) is 2. The molecule has 0 saturated carbocycles. The molecule has 0 amide bonds. The van der Waals surface area contributed by atoms with E-state index in [2.05, 4.69) is 134 Å². The number of hydrogen-bond donors (Lipinski definition) is 2. The molecule has 1 unspecified atom stereocenters. The summed E-state index contributed by atoms with van der Waals surface area (Å²) in [6.07, 6.45) is 2.34. The predicted octanol–water partition coefficient (Wildman–Crippen LogP) is 10.6. The van der Waals surface area contributed by atoms with Crippen LogP contribution in [0.2, 0.25) is 0 Å². The summed E-state index contributed by atoms with van der Waals surface area (Å²) in [6, 6.07) is 0. The lowest BCUT2D eigenvalue weighted by Gasteiger charge is -2.22. The highest BCUT2D eigenvalue weighted by atomic mass is 79.9. The van der Waals surface area contributed by atoms with Gasteiger partial charge in [-0.15, -0.1) is 0 Å². The molecule has 2 aromatic rings. The van der Waals surface area contributed by atoms with Crippen molar-refractivity contribution in [3.63, 3.8) is 0 Å². The quantitative estimate of drug-likeness (QED) is 0.120.